The van der Waals surface area contributed by atoms with Gasteiger partial charge in [0, 0.05) is 5.69 Å². The zero-order valence-corrected chi connectivity index (χ0v) is 15.1. The summed E-state index contributed by atoms with van der Waals surface area (Å²) in [6.07, 6.45) is 1.76. The topological polar surface area (TPSA) is 57.5 Å². The van der Waals surface area contributed by atoms with Gasteiger partial charge in [0.2, 0.25) is 0 Å². The van der Waals surface area contributed by atoms with Crippen LogP contribution in [0.15, 0.2) is 41.2 Å². The van der Waals surface area contributed by atoms with Gasteiger partial charge in [-0.15, -0.1) is 0 Å². The maximum Gasteiger partial charge on any atom is 0.342 e. The Morgan fingerprint density at radius 3 is 2.52 bits per heavy atom. The largest absolute Gasteiger partial charge is 0.487 e. The fourth-order valence-corrected chi connectivity index (χ4v) is 2.53. The van der Waals surface area contributed by atoms with Crippen LogP contribution in [0.2, 0.25) is 0 Å². The number of nitrogens with zero attached hydrogens (tertiary/aromatic N) is 1. The molecule has 5 nitrogen and oxygen atoms in total. The van der Waals surface area contributed by atoms with E-state index in [1.807, 2.05) is 44.2 Å². The van der Waals surface area contributed by atoms with Gasteiger partial charge in [-0.1, -0.05) is 43.7 Å². The van der Waals surface area contributed by atoms with Crippen LogP contribution in [0.5, 0.6) is 5.75 Å². The summed E-state index contributed by atoms with van der Waals surface area (Å²) in [4.78, 5) is 25.2. The van der Waals surface area contributed by atoms with Crippen molar-refractivity contribution in [2.24, 2.45) is 0 Å². The number of rotatable bonds is 8. The Morgan fingerprint density at radius 2 is 1.88 bits per heavy atom. The fourth-order valence-electron chi connectivity index (χ4n) is 2.53. The van der Waals surface area contributed by atoms with Crippen LogP contribution in [0.25, 0.3) is 0 Å². The first-order valence-corrected chi connectivity index (χ1v) is 8.66. The van der Waals surface area contributed by atoms with Gasteiger partial charge in [-0.25, -0.2) is 4.79 Å². The molecule has 0 atom stereocenters. The summed E-state index contributed by atoms with van der Waals surface area (Å²) in [5.74, 6) is -0.450. The van der Waals surface area contributed by atoms with E-state index in [-0.39, 0.29) is 23.5 Å². The van der Waals surface area contributed by atoms with Crippen LogP contribution in [0, 0.1) is 6.92 Å². The van der Waals surface area contributed by atoms with E-state index in [0.717, 1.165) is 18.4 Å². The standard InChI is InChI=1S/C20H25NO4/c1-4-6-12-25-18-17(20(23)24-5-2)13-15(3)21(19(18)22)14-16-10-8-7-9-11-16/h7-11,13H,4-6,12,14H2,1-3H3. The number of aryl methyl sites for hydroxylation is 1. The molecule has 0 spiro atoms. The zero-order chi connectivity index (χ0) is 18.2. The number of unbranched alkanes of at least 4 members (excludes halogenated alkanes) is 1. The van der Waals surface area contributed by atoms with Crippen molar-refractivity contribution in [1.29, 1.82) is 0 Å². The highest BCUT2D eigenvalue weighted by atomic mass is 16.5. The maximum absolute atomic E-state index is 12.9. The van der Waals surface area contributed by atoms with Crippen LogP contribution in [-0.4, -0.2) is 23.8 Å². The first kappa shape index (κ1) is 18.8. The Hall–Kier alpha value is -2.56. The smallest absolute Gasteiger partial charge is 0.342 e. The number of hydrogen-bond acceptors (Lipinski definition) is 4. The van der Waals surface area contributed by atoms with E-state index in [1.165, 1.54) is 0 Å². The molecule has 0 N–H and O–H groups in total. The number of aromatic nitrogens is 1. The molecule has 2 rings (SSSR count). The van der Waals surface area contributed by atoms with E-state index in [0.29, 0.717) is 18.8 Å². The minimum atomic E-state index is -0.527. The van der Waals surface area contributed by atoms with Gasteiger partial charge in [0.25, 0.3) is 5.56 Å². The molecule has 0 amide bonds. The number of pyridine rings is 1. The van der Waals surface area contributed by atoms with E-state index >= 15 is 0 Å². The average Bonchev–Trinajstić information content (AvgIpc) is 2.61. The van der Waals surface area contributed by atoms with Crippen molar-refractivity contribution >= 4 is 5.97 Å². The second-order valence-corrected chi connectivity index (χ2v) is 5.83. The molecule has 0 aliphatic carbocycles. The summed E-state index contributed by atoms with van der Waals surface area (Å²) in [6, 6.07) is 11.4. The van der Waals surface area contributed by atoms with E-state index < -0.39 is 5.97 Å². The molecule has 0 fully saturated rings. The third kappa shape index (κ3) is 4.72. The summed E-state index contributed by atoms with van der Waals surface area (Å²) in [7, 11) is 0. The van der Waals surface area contributed by atoms with Gasteiger partial charge in [0.05, 0.1) is 19.8 Å². The predicted octanol–water partition coefficient (Wildman–Crippen LogP) is 3.56. The number of hydrogen-bond donors (Lipinski definition) is 0. The van der Waals surface area contributed by atoms with Crippen molar-refractivity contribution in [3.8, 4) is 5.75 Å². The summed E-state index contributed by atoms with van der Waals surface area (Å²) >= 11 is 0. The highest BCUT2D eigenvalue weighted by Gasteiger charge is 2.21. The number of ether oxygens (including phenoxy) is 2. The molecular weight excluding hydrogens is 318 g/mol. The lowest BCUT2D eigenvalue weighted by Crippen LogP contribution is -2.27. The Bertz CT molecular complexity index is 765. The molecule has 1 aromatic carbocycles. The monoisotopic (exact) mass is 343 g/mol. The van der Waals surface area contributed by atoms with Gasteiger partial charge < -0.3 is 14.0 Å². The van der Waals surface area contributed by atoms with Gasteiger partial charge in [0.15, 0.2) is 5.75 Å². The van der Waals surface area contributed by atoms with Crippen LogP contribution in [0.4, 0.5) is 0 Å². The minimum absolute atomic E-state index is 0.0773. The van der Waals surface area contributed by atoms with Crippen LogP contribution in [-0.2, 0) is 11.3 Å². The van der Waals surface area contributed by atoms with E-state index in [2.05, 4.69) is 0 Å². The second-order valence-electron chi connectivity index (χ2n) is 5.83. The fraction of sp³-hybridized carbons (Fsp3) is 0.400. The average molecular weight is 343 g/mol. The second kappa shape index (κ2) is 9.06. The number of esters is 1. The summed E-state index contributed by atoms with van der Waals surface area (Å²) in [5, 5.41) is 0. The molecule has 1 heterocycles. The molecule has 0 saturated heterocycles. The van der Waals surface area contributed by atoms with Gasteiger partial charge in [-0.2, -0.15) is 0 Å². The summed E-state index contributed by atoms with van der Waals surface area (Å²) in [6.45, 7) is 6.66. The van der Waals surface area contributed by atoms with Gasteiger partial charge >= 0.3 is 5.97 Å². The van der Waals surface area contributed by atoms with E-state index in [1.54, 1.807) is 17.6 Å². The third-order valence-electron chi connectivity index (χ3n) is 3.89. The Morgan fingerprint density at radius 1 is 1.16 bits per heavy atom. The molecule has 0 radical (unpaired) electrons. The molecule has 0 aliphatic heterocycles. The lowest BCUT2D eigenvalue weighted by atomic mass is 10.1. The van der Waals surface area contributed by atoms with Crippen molar-refractivity contribution in [2.45, 2.75) is 40.2 Å². The van der Waals surface area contributed by atoms with Crippen molar-refractivity contribution in [3.05, 3.63) is 63.6 Å². The van der Waals surface area contributed by atoms with Crippen LogP contribution in [0.3, 0.4) is 0 Å². The van der Waals surface area contributed by atoms with Crippen molar-refractivity contribution < 1.29 is 14.3 Å². The lowest BCUT2D eigenvalue weighted by molar-refractivity contribution is 0.0520. The Kier molecular flexibility index (Phi) is 6.81. The quantitative estimate of drug-likeness (QED) is 0.543. The lowest BCUT2D eigenvalue weighted by Gasteiger charge is -2.16. The molecule has 2 aromatic rings. The maximum atomic E-state index is 12.9. The number of carbonyl (C=O) groups excluding carboxylic acids is 1. The predicted molar refractivity (Wildman–Crippen MR) is 97.3 cm³/mol. The third-order valence-corrected chi connectivity index (χ3v) is 3.89. The first-order chi connectivity index (χ1) is 12.1. The van der Waals surface area contributed by atoms with Crippen LogP contribution in [0.1, 0.15) is 48.3 Å². The number of benzene rings is 1. The normalized spacial score (nSPS) is 10.5. The van der Waals surface area contributed by atoms with Gasteiger partial charge in [-0.3, -0.25) is 4.79 Å². The Balaban J connectivity index is 2.45. The molecule has 25 heavy (non-hydrogen) atoms. The molecule has 0 unspecified atom stereocenters. The van der Waals surface area contributed by atoms with Crippen molar-refractivity contribution in [1.82, 2.24) is 4.57 Å². The van der Waals surface area contributed by atoms with Crippen LogP contribution < -0.4 is 10.3 Å². The Labute approximate surface area is 148 Å². The minimum Gasteiger partial charge on any atom is -0.487 e. The van der Waals surface area contributed by atoms with Crippen LogP contribution >= 0.6 is 0 Å². The summed E-state index contributed by atoms with van der Waals surface area (Å²) in [5.41, 5.74) is 1.60. The molecule has 0 bridgehead atoms. The molecule has 0 saturated carbocycles. The highest BCUT2D eigenvalue weighted by molar-refractivity contribution is 5.92. The zero-order valence-electron chi connectivity index (χ0n) is 15.1. The molecule has 1 aromatic heterocycles. The first-order valence-electron chi connectivity index (χ1n) is 8.66. The molecule has 0 aliphatic rings. The molecule has 5 heteroatoms. The van der Waals surface area contributed by atoms with E-state index in [4.69, 9.17) is 9.47 Å². The van der Waals surface area contributed by atoms with Gasteiger partial charge in [-0.05, 0) is 31.9 Å². The van der Waals surface area contributed by atoms with E-state index in [9.17, 15) is 9.59 Å². The van der Waals surface area contributed by atoms with Crippen molar-refractivity contribution in [3.63, 3.8) is 0 Å². The van der Waals surface area contributed by atoms with Gasteiger partial charge in [0.1, 0.15) is 5.56 Å². The highest BCUT2D eigenvalue weighted by Crippen LogP contribution is 2.18. The number of carbonyl (C=O) groups is 1. The summed E-state index contributed by atoms with van der Waals surface area (Å²) < 4.78 is 12.4. The SMILES string of the molecule is CCCCOc1c(C(=O)OCC)cc(C)n(Cc2ccccc2)c1=O. The molecular formula is C20H25NO4. The van der Waals surface area contributed by atoms with Crippen molar-refractivity contribution in [2.75, 3.05) is 13.2 Å². The molecule has 134 valence electrons.